The smallest absolute Gasteiger partial charge is 0.123 e. The molecule has 1 saturated heterocycles. The van der Waals surface area contributed by atoms with Gasteiger partial charge < -0.3 is 5.32 Å². The van der Waals surface area contributed by atoms with Gasteiger partial charge in [-0.1, -0.05) is 45.0 Å². The van der Waals surface area contributed by atoms with Crippen LogP contribution in [0.3, 0.4) is 0 Å². The molecule has 1 aromatic carbocycles. The second kappa shape index (κ2) is 5.73. The van der Waals surface area contributed by atoms with Crippen molar-refractivity contribution in [1.82, 2.24) is 10.2 Å². The molecule has 1 atom stereocenters. The molecule has 19 heavy (non-hydrogen) atoms. The summed E-state index contributed by atoms with van der Waals surface area (Å²) in [6, 6.07) is 10.9. The molecule has 0 aromatic heterocycles. The van der Waals surface area contributed by atoms with E-state index >= 15 is 0 Å². The van der Waals surface area contributed by atoms with E-state index in [2.05, 4.69) is 61.3 Å². The predicted octanol–water partition coefficient (Wildman–Crippen LogP) is 2.45. The summed E-state index contributed by atoms with van der Waals surface area (Å²) in [6.45, 7) is 10.5. The lowest BCUT2D eigenvalue weighted by molar-refractivity contribution is 0.207. The summed E-state index contributed by atoms with van der Waals surface area (Å²) in [5, 5.41) is 12.8. The first kappa shape index (κ1) is 14.0. The fourth-order valence-corrected chi connectivity index (χ4v) is 2.47. The Morgan fingerprint density at radius 1 is 1.16 bits per heavy atom. The van der Waals surface area contributed by atoms with E-state index in [-0.39, 0.29) is 11.5 Å². The fraction of sp³-hybridized carbons (Fsp3) is 0.562. The van der Waals surface area contributed by atoms with Gasteiger partial charge >= 0.3 is 0 Å². The van der Waals surface area contributed by atoms with Crippen molar-refractivity contribution in [2.75, 3.05) is 26.2 Å². The molecule has 1 fully saturated rings. The van der Waals surface area contributed by atoms with Crippen LogP contribution in [0.1, 0.15) is 37.9 Å². The molecule has 3 heteroatoms. The lowest BCUT2D eigenvalue weighted by Gasteiger charge is -2.31. The van der Waals surface area contributed by atoms with Crippen molar-refractivity contribution in [3.63, 3.8) is 0 Å². The second-order valence-corrected chi connectivity index (χ2v) is 6.19. The van der Waals surface area contributed by atoms with Crippen LogP contribution < -0.4 is 5.32 Å². The lowest BCUT2D eigenvalue weighted by atomic mass is 9.86. The maximum atomic E-state index is 9.45. The third-order valence-electron chi connectivity index (χ3n) is 3.73. The van der Waals surface area contributed by atoms with Gasteiger partial charge in [-0.15, -0.1) is 0 Å². The number of hydrogen-bond donors (Lipinski definition) is 1. The molecular weight excluding hydrogens is 234 g/mol. The third kappa shape index (κ3) is 3.34. The third-order valence-corrected chi connectivity index (χ3v) is 3.73. The zero-order valence-corrected chi connectivity index (χ0v) is 12.1. The van der Waals surface area contributed by atoms with E-state index in [4.69, 9.17) is 0 Å². The van der Waals surface area contributed by atoms with Gasteiger partial charge in [-0.3, -0.25) is 4.90 Å². The largest absolute Gasteiger partial charge is 0.314 e. The Hall–Kier alpha value is -1.37. The number of piperazine rings is 1. The molecule has 1 N–H and O–H groups in total. The summed E-state index contributed by atoms with van der Waals surface area (Å²) in [5.74, 6) is 0. The molecule has 2 rings (SSSR count). The highest BCUT2D eigenvalue weighted by molar-refractivity contribution is 5.31. The summed E-state index contributed by atoms with van der Waals surface area (Å²) >= 11 is 0. The molecule has 0 radical (unpaired) electrons. The first-order valence-electron chi connectivity index (χ1n) is 6.97. The number of nitrogens with zero attached hydrogens (tertiary/aromatic N) is 2. The zero-order valence-electron chi connectivity index (χ0n) is 12.1. The standard InChI is InChI=1S/C16H23N3/c1-16(2,3)14-6-4-13(5-7-14)15(12-17)19-10-8-18-9-11-19/h4-7,15,18H,8-11H2,1-3H3. The lowest BCUT2D eigenvalue weighted by Crippen LogP contribution is -2.44. The molecule has 3 nitrogen and oxygen atoms in total. The minimum Gasteiger partial charge on any atom is -0.314 e. The highest BCUT2D eigenvalue weighted by Gasteiger charge is 2.22. The first-order valence-corrected chi connectivity index (χ1v) is 6.97. The number of benzene rings is 1. The molecular formula is C16H23N3. The average Bonchev–Trinajstić information content (AvgIpc) is 2.40. The number of nitrogens with one attached hydrogen (secondary N) is 1. The first-order chi connectivity index (χ1) is 9.02. The van der Waals surface area contributed by atoms with Gasteiger partial charge in [-0.25, -0.2) is 0 Å². The molecule has 1 aromatic rings. The predicted molar refractivity (Wildman–Crippen MR) is 77.9 cm³/mol. The van der Waals surface area contributed by atoms with Crippen LogP contribution >= 0.6 is 0 Å². The molecule has 1 aliphatic rings. The van der Waals surface area contributed by atoms with Crippen LogP contribution in [0, 0.1) is 11.3 Å². The Labute approximate surface area is 116 Å². The van der Waals surface area contributed by atoms with Crippen molar-refractivity contribution in [2.45, 2.75) is 32.2 Å². The molecule has 0 saturated carbocycles. The van der Waals surface area contributed by atoms with Gasteiger partial charge in [-0.05, 0) is 16.5 Å². The van der Waals surface area contributed by atoms with Crippen LogP contribution in [0.2, 0.25) is 0 Å². The van der Waals surface area contributed by atoms with E-state index in [1.54, 1.807) is 0 Å². The molecule has 0 amide bonds. The van der Waals surface area contributed by atoms with Gasteiger partial charge in [-0.2, -0.15) is 5.26 Å². The summed E-state index contributed by atoms with van der Waals surface area (Å²) in [6.07, 6.45) is 0. The van der Waals surface area contributed by atoms with E-state index in [0.717, 1.165) is 31.7 Å². The normalized spacial score (nSPS) is 18.8. The summed E-state index contributed by atoms with van der Waals surface area (Å²) in [7, 11) is 0. The van der Waals surface area contributed by atoms with Gasteiger partial charge in [0.25, 0.3) is 0 Å². The molecule has 1 aliphatic heterocycles. The molecule has 0 spiro atoms. The quantitative estimate of drug-likeness (QED) is 0.884. The van der Waals surface area contributed by atoms with E-state index < -0.39 is 0 Å². The van der Waals surface area contributed by atoms with Crippen molar-refractivity contribution in [3.05, 3.63) is 35.4 Å². The van der Waals surface area contributed by atoms with Crippen LogP contribution in [-0.2, 0) is 5.41 Å². The number of rotatable bonds is 2. The van der Waals surface area contributed by atoms with Crippen LogP contribution in [0.25, 0.3) is 0 Å². The number of nitriles is 1. The van der Waals surface area contributed by atoms with Gasteiger partial charge in [0.2, 0.25) is 0 Å². The van der Waals surface area contributed by atoms with Crippen LogP contribution in [0.5, 0.6) is 0 Å². The highest BCUT2D eigenvalue weighted by atomic mass is 15.2. The topological polar surface area (TPSA) is 39.1 Å². The van der Waals surface area contributed by atoms with Gasteiger partial charge in [0.15, 0.2) is 0 Å². The Morgan fingerprint density at radius 2 is 1.74 bits per heavy atom. The van der Waals surface area contributed by atoms with Crippen molar-refractivity contribution in [2.24, 2.45) is 0 Å². The summed E-state index contributed by atoms with van der Waals surface area (Å²) in [4.78, 5) is 2.25. The van der Waals surface area contributed by atoms with Crippen molar-refractivity contribution in [3.8, 4) is 6.07 Å². The van der Waals surface area contributed by atoms with Gasteiger partial charge in [0.1, 0.15) is 6.04 Å². The van der Waals surface area contributed by atoms with Crippen LogP contribution in [0.15, 0.2) is 24.3 Å². The number of hydrogen-bond acceptors (Lipinski definition) is 3. The molecule has 1 unspecified atom stereocenters. The van der Waals surface area contributed by atoms with E-state index in [9.17, 15) is 5.26 Å². The van der Waals surface area contributed by atoms with Crippen molar-refractivity contribution >= 4 is 0 Å². The maximum Gasteiger partial charge on any atom is 0.123 e. The molecule has 0 aliphatic carbocycles. The minimum atomic E-state index is -0.115. The Bertz CT molecular complexity index is 444. The average molecular weight is 257 g/mol. The second-order valence-electron chi connectivity index (χ2n) is 6.19. The van der Waals surface area contributed by atoms with Crippen molar-refractivity contribution < 1.29 is 0 Å². The maximum absolute atomic E-state index is 9.45. The van der Waals surface area contributed by atoms with E-state index in [0.29, 0.717) is 0 Å². The molecule has 1 heterocycles. The minimum absolute atomic E-state index is 0.115. The van der Waals surface area contributed by atoms with E-state index in [1.807, 2.05) is 0 Å². The highest BCUT2D eigenvalue weighted by Crippen LogP contribution is 2.26. The van der Waals surface area contributed by atoms with Crippen molar-refractivity contribution in [1.29, 1.82) is 5.26 Å². The fourth-order valence-electron chi connectivity index (χ4n) is 2.47. The molecule has 0 bridgehead atoms. The Kier molecular flexibility index (Phi) is 4.24. The monoisotopic (exact) mass is 257 g/mol. The zero-order chi connectivity index (χ0) is 13.9. The Morgan fingerprint density at radius 3 is 2.21 bits per heavy atom. The van der Waals surface area contributed by atoms with E-state index in [1.165, 1.54) is 5.56 Å². The van der Waals surface area contributed by atoms with Crippen LogP contribution in [-0.4, -0.2) is 31.1 Å². The molecule has 102 valence electrons. The van der Waals surface area contributed by atoms with Crippen LogP contribution in [0.4, 0.5) is 0 Å². The van der Waals surface area contributed by atoms with Gasteiger partial charge in [0, 0.05) is 26.2 Å². The Balaban J connectivity index is 2.17. The summed E-state index contributed by atoms with van der Waals surface area (Å²) in [5.41, 5.74) is 2.58. The van der Waals surface area contributed by atoms with Gasteiger partial charge in [0.05, 0.1) is 6.07 Å². The SMILES string of the molecule is CC(C)(C)c1ccc(C(C#N)N2CCNCC2)cc1. The summed E-state index contributed by atoms with van der Waals surface area (Å²) < 4.78 is 0.